The first-order valence-electron chi connectivity index (χ1n) is 10.2. The number of nitrogens with zero attached hydrogens (tertiary/aromatic N) is 3. The number of aromatic nitrogens is 2. The van der Waals surface area contributed by atoms with Gasteiger partial charge in [0.25, 0.3) is 0 Å². The molecule has 1 N–H and O–H groups in total. The standard InChI is InChI=1S/C20H14Cl4F6N4O2S/c21-9-6-12(23)16(13(24)7-9)34-5-1-4-33-15-10(2-3-11(22)14(15)31-18(33)34)17(20(28,29)30)32-37(35,36)8-19(25,26)27/h2-3,6-7,17,32H,1,4-5,8H2. The molecule has 202 valence electrons. The monoisotopic (exact) mass is 628 g/mol. The molecule has 0 bridgehead atoms. The van der Waals surface area contributed by atoms with Crippen LogP contribution in [0, 0.1) is 0 Å². The van der Waals surface area contributed by atoms with Crippen LogP contribution in [-0.2, 0) is 16.6 Å². The summed E-state index contributed by atoms with van der Waals surface area (Å²) in [6, 6.07) is 1.77. The minimum Gasteiger partial charge on any atom is -0.309 e. The summed E-state index contributed by atoms with van der Waals surface area (Å²) in [5, 5.41) is 0.455. The van der Waals surface area contributed by atoms with Crippen LogP contribution in [0.3, 0.4) is 0 Å². The van der Waals surface area contributed by atoms with Gasteiger partial charge < -0.3 is 9.47 Å². The van der Waals surface area contributed by atoms with Crippen LogP contribution < -0.4 is 9.62 Å². The van der Waals surface area contributed by atoms with Gasteiger partial charge in [0, 0.05) is 23.7 Å². The topological polar surface area (TPSA) is 67.2 Å². The molecule has 2 heterocycles. The average Bonchev–Trinajstić information content (AvgIpc) is 3.11. The zero-order valence-electron chi connectivity index (χ0n) is 18.1. The Morgan fingerprint density at radius 3 is 2.16 bits per heavy atom. The summed E-state index contributed by atoms with van der Waals surface area (Å²) >= 11 is 24.9. The van der Waals surface area contributed by atoms with Crippen molar-refractivity contribution in [1.82, 2.24) is 14.3 Å². The molecule has 4 rings (SSSR count). The molecule has 3 aromatic rings. The van der Waals surface area contributed by atoms with Gasteiger partial charge in [-0.2, -0.15) is 31.1 Å². The number of hydrogen-bond acceptors (Lipinski definition) is 4. The zero-order valence-corrected chi connectivity index (χ0v) is 21.9. The number of halogens is 10. The Morgan fingerprint density at radius 1 is 0.973 bits per heavy atom. The lowest BCUT2D eigenvalue weighted by molar-refractivity contribution is -0.153. The third kappa shape index (κ3) is 5.86. The molecule has 1 aromatic heterocycles. The lowest BCUT2D eigenvalue weighted by Crippen LogP contribution is -2.42. The smallest absolute Gasteiger partial charge is 0.309 e. The molecule has 1 aliphatic heterocycles. The van der Waals surface area contributed by atoms with E-state index in [1.54, 1.807) is 4.90 Å². The van der Waals surface area contributed by atoms with Gasteiger partial charge in [-0.05, 0) is 24.6 Å². The van der Waals surface area contributed by atoms with Gasteiger partial charge in [-0.25, -0.2) is 13.4 Å². The SMILES string of the molecule is O=S(=O)(CC(F)(F)F)NC(c1ccc(Cl)c2nc3n(c12)CCCN3c1c(Cl)cc(Cl)cc1Cl)C(F)(F)F. The Bertz CT molecular complexity index is 1450. The van der Waals surface area contributed by atoms with Gasteiger partial charge in [0.15, 0.2) is 5.75 Å². The summed E-state index contributed by atoms with van der Waals surface area (Å²) in [4.78, 5) is 5.92. The van der Waals surface area contributed by atoms with Crippen molar-refractivity contribution in [3.05, 3.63) is 49.9 Å². The predicted octanol–water partition coefficient (Wildman–Crippen LogP) is 7.28. The van der Waals surface area contributed by atoms with Crippen LogP contribution in [0.15, 0.2) is 24.3 Å². The van der Waals surface area contributed by atoms with E-state index in [2.05, 4.69) is 4.98 Å². The molecule has 0 amide bonds. The summed E-state index contributed by atoms with van der Waals surface area (Å²) < 4.78 is 107. The molecule has 0 saturated carbocycles. The molecule has 0 aliphatic carbocycles. The van der Waals surface area contributed by atoms with Crippen molar-refractivity contribution < 1.29 is 34.8 Å². The summed E-state index contributed by atoms with van der Waals surface area (Å²) in [7, 11) is -5.44. The van der Waals surface area contributed by atoms with Crippen molar-refractivity contribution in [2.75, 3.05) is 17.2 Å². The molecule has 1 atom stereocenters. The first kappa shape index (κ1) is 28.4. The average molecular weight is 630 g/mol. The van der Waals surface area contributed by atoms with Gasteiger partial charge in [0.05, 0.1) is 26.3 Å². The quantitative estimate of drug-likeness (QED) is 0.301. The molecule has 2 aromatic carbocycles. The number of aryl methyl sites for hydroxylation is 1. The van der Waals surface area contributed by atoms with E-state index < -0.39 is 39.7 Å². The van der Waals surface area contributed by atoms with Crippen LogP contribution in [0.1, 0.15) is 18.0 Å². The second-order valence-electron chi connectivity index (χ2n) is 8.09. The van der Waals surface area contributed by atoms with Crippen molar-refractivity contribution in [3.63, 3.8) is 0 Å². The van der Waals surface area contributed by atoms with E-state index in [-0.39, 0.29) is 49.3 Å². The molecule has 0 saturated heterocycles. The fraction of sp³-hybridized carbons (Fsp3) is 0.350. The highest BCUT2D eigenvalue weighted by molar-refractivity contribution is 7.89. The zero-order chi connectivity index (χ0) is 27.5. The Hall–Kier alpha value is -1.64. The van der Waals surface area contributed by atoms with Crippen molar-refractivity contribution in [2.45, 2.75) is 31.4 Å². The fourth-order valence-corrected chi connectivity index (χ4v) is 6.46. The van der Waals surface area contributed by atoms with E-state index in [1.165, 1.54) is 16.7 Å². The van der Waals surface area contributed by atoms with Crippen LogP contribution in [0.4, 0.5) is 38.0 Å². The Kier molecular flexibility index (Phi) is 7.54. The van der Waals surface area contributed by atoms with Gasteiger partial charge >= 0.3 is 12.4 Å². The van der Waals surface area contributed by atoms with Gasteiger partial charge in [0.1, 0.15) is 11.6 Å². The van der Waals surface area contributed by atoms with Gasteiger partial charge in [0.2, 0.25) is 16.0 Å². The van der Waals surface area contributed by atoms with E-state index in [0.717, 1.165) is 16.9 Å². The maximum atomic E-state index is 14.1. The third-order valence-electron chi connectivity index (χ3n) is 5.40. The normalized spacial score (nSPS) is 15.8. The minimum atomic E-state index is -5.44. The number of benzene rings is 2. The van der Waals surface area contributed by atoms with Crippen molar-refractivity contribution in [1.29, 1.82) is 0 Å². The lowest BCUT2D eigenvalue weighted by atomic mass is 10.0. The van der Waals surface area contributed by atoms with E-state index in [1.807, 2.05) is 0 Å². The van der Waals surface area contributed by atoms with Crippen LogP contribution in [0.2, 0.25) is 20.1 Å². The maximum Gasteiger partial charge on any atom is 0.408 e. The molecule has 1 aliphatic rings. The second kappa shape index (κ2) is 9.83. The Balaban J connectivity index is 1.92. The van der Waals surface area contributed by atoms with Gasteiger partial charge in [-0.3, -0.25) is 0 Å². The third-order valence-corrected chi connectivity index (χ3v) is 7.80. The molecule has 0 fully saturated rings. The van der Waals surface area contributed by atoms with E-state index in [4.69, 9.17) is 46.4 Å². The fourth-order valence-electron chi connectivity index (χ4n) is 4.11. The molecular formula is C20H14Cl4F6N4O2S. The summed E-state index contributed by atoms with van der Waals surface area (Å²) in [5.74, 6) is -2.39. The highest BCUT2D eigenvalue weighted by atomic mass is 35.5. The number of sulfonamides is 1. The number of alkyl halides is 6. The minimum absolute atomic E-state index is 0.0621. The van der Waals surface area contributed by atoms with Crippen LogP contribution >= 0.6 is 46.4 Å². The molecule has 1 unspecified atom stereocenters. The van der Waals surface area contributed by atoms with Crippen molar-refractivity contribution in [2.24, 2.45) is 0 Å². The van der Waals surface area contributed by atoms with Crippen LogP contribution in [0.25, 0.3) is 11.0 Å². The number of imidazole rings is 1. The van der Waals surface area contributed by atoms with Gasteiger partial charge in [-0.1, -0.05) is 52.5 Å². The van der Waals surface area contributed by atoms with E-state index in [0.29, 0.717) is 13.0 Å². The number of hydrogen-bond donors (Lipinski definition) is 1. The molecular weight excluding hydrogens is 616 g/mol. The maximum absolute atomic E-state index is 14.1. The number of fused-ring (bicyclic) bond motifs is 3. The van der Waals surface area contributed by atoms with Crippen molar-refractivity contribution >= 4 is 79.1 Å². The summed E-state index contributed by atoms with van der Waals surface area (Å²) in [6.07, 6.45) is -10.2. The first-order valence-corrected chi connectivity index (χ1v) is 13.4. The lowest BCUT2D eigenvalue weighted by Gasteiger charge is -2.31. The molecule has 0 spiro atoms. The number of nitrogens with one attached hydrogen (secondary N) is 1. The highest BCUT2D eigenvalue weighted by Gasteiger charge is 2.47. The van der Waals surface area contributed by atoms with E-state index >= 15 is 0 Å². The van der Waals surface area contributed by atoms with Crippen LogP contribution in [-0.4, -0.2) is 42.6 Å². The second-order valence-corrected chi connectivity index (χ2v) is 11.5. The van der Waals surface area contributed by atoms with E-state index in [9.17, 15) is 34.8 Å². The largest absolute Gasteiger partial charge is 0.408 e. The molecule has 0 radical (unpaired) electrons. The number of anilines is 2. The number of rotatable bonds is 5. The predicted molar refractivity (Wildman–Crippen MR) is 130 cm³/mol. The Labute approximate surface area is 226 Å². The van der Waals surface area contributed by atoms with Gasteiger partial charge in [-0.15, -0.1) is 0 Å². The molecule has 17 heteroatoms. The molecule has 6 nitrogen and oxygen atoms in total. The van der Waals surface area contributed by atoms with Crippen molar-refractivity contribution in [3.8, 4) is 0 Å². The first-order chi connectivity index (χ1) is 17.0. The highest BCUT2D eigenvalue weighted by Crippen LogP contribution is 2.45. The van der Waals surface area contributed by atoms with Crippen LogP contribution in [0.5, 0.6) is 0 Å². The summed E-state index contributed by atoms with van der Waals surface area (Å²) in [6.45, 7) is 0.441. The molecule has 37 heavy (non-hydrogen) atoms. The Morgan fingerprint density at radius 2 is 1.59 bits per heavy atom. The summed E-state index contributed by atoms with van der Waals surface area (Å²) in [5.41, 5.74) is -0.719.